The second-order valence-electron chi connectivity index (χ2n) is 3.47. The molecule has 1 amide bonds. The predicted octanol–water partition coefficient (Wildman–Crippen LogP) is 1.51. The highest BCUT2D eigenvalue weighted by molar-refractivity contribution is 7.89. The van der Waals surface area contributed by atoms with Gasteiger partial charge in [-0.3, -0.25) is 10.2 Å². The van der Waals surface area contributed by atoms with Crippen molar-refractivity contribution in [1.29, 1.82) is 0 Å². The van der Waals surface area contributed by atoms with E-state index in [0.29, 0.717) is 4.88 Å². The third-order valence-corrected chi connectivity index (χ3v) is 4.32. The van der Waals surface area contributed by atoms with Gasteiger partial charge >= 0.3 is 0 Å². The molecule has 1 aromatic carbocycles. The predicted molar refractivity (Wildman–Crippen MR) is 68.5 cm³/mol. The molecule has 2 N–H and O–H groups in total. The minimum absolute atomic E-state index is 0.344. The molecule has 8 heteroatoms. The fraction of sp³-hybridized carbons (Fsp3) is 0. The fourth-order valence-electron chi connectivity index (χ4n) is 1.30. The molecule has 0 saturated heterocycles. The summed E-state index contributed by atoms with van der Waals surface area (Å²) in [4.78, 5) is 13.2. The number of amides is 1. The van der Waals surface area contributed by atoms with Gasteiger partial charge in [0.25, 0.3) is 15.9 Å². The van der Waals surface area contributed by atoms with E-state index in [-0.39, 0.29) is 0 Å². The van der Waals surface area contributed by atoms with Gasteiger partial charge in [0, 0.05) is 0 Å². The van der Waals surface area contributed by atoms with Gasteiger partial charge in [-0.15, -0.1) is 16.2 Å². The molecule has 1 heterocycles. The van der Waals surface area contributed by atoms with Crippen LogP contribution in [0.5, 0.6) is 0 Å². The maximum Gasteiger partial charge on any atom is 0.276 e. The maximum atomic E-state index is 13.4. The van der Waals surface area contributed by atoms with E-state index in [9.17, 15) is 17.6 Å². The van der Waals surface area contributed by atoms with Gasteiger partial charge in [0.1, 0.15) is 10.7 Å². The molecule has 0 aliphatic rings. The lowest BCUT2D eigenvalue weighted by Gasteiger charge is -2.08. The quantitative estimate of drug-likeness (QED) is 0.840. The first-order valence-corrected chi connectivity index (χ1v) is 7.47. The Balaban J connectivity index is 2.11. The van der Waals surface area contributed by atoms with Gasteiger partial charge < -0.3 is 0 Å². The number of benzene rings is 1. The Morgan fingerprint density at radius 2 is 1.89 bits per heavy atom. The van der Waals surface area contributed by atoms with E-state index in [0.717, 1.165) is 23.5 Å². The van der Waals surface area contributed by atoms with Crippen molar-refractivity contribution in [2.45, 2.75) is 4.90 Å². The lowest BCUT2D eigenvalue weighted by molar-refractivity contribution is 0.0949. The van der Waals surface area contributed by atoms with Crippen LogP contribution in [0.4, 0.5) is 4.39 Å². The molecule has 0 fully saturated rings. The van der Waals surface area contributed by atoms with Crippen LogP contribution in [0.2, 0.25) is 0 Å². The number of carbonyl (C=O) groups is 1. The zero-order valence-corrected chi connectivity index (χ0v) is 11.1. The summed E-state index contributed by atoms with van der Waals surface area (Å²) in [6, 6.07) is 8.09. The van der Waals surface area contributed by atoms with E-state index in [2.05, 4.69) is 0 Å². The van der Waals surface area contributed by atoms with Crippen molar-refractivity contribution in [1.82, 2.24) is 10.3 Å². The van der Waals surface area contributed by atoms with Crippen molar-refractivity contribution < 1.29 is 17.6 Å². The molecule has 2 aromatic rings. The largest absolute Gasteiger partial charge is 0.276 e. The van der Waals surface area contributed by atoms with Crippen LogP contribution in [-0.2, 0) is 10.0 Å². The molecule has 0 aliphatic carbocycles. The van der Waals surface area contributed by atoms with Gasteiger partial charge in [-0.25, -0.2) is 12.8 Å². The monoisotopic (exact) mass is 300 g/mol. The number of thiophene rings is 1. The van der Waals surface area contributed by atoms with Crippen molar-refractivity contribution in [2.24, 2.45) is 0 Å². The van der Waals surface area contributed by atoms with Gasteiger partial charge in [0.2, 0.25) is 0 Å². The summed E-state index contributed by atoms with van der Waals surface area (Å²) in [5.74, 6) is -1.49. The number of sulfonamides is 1. The first-order valence-electron chi connectivity index (χ1n) is 5.11. The SMILES string of the molecule is O=C(NNS(=O)(=O)c1ccccc1F)c1cccs1. The van der Waals surface area contributed by atoms with Gasteiger partial charge in [0.05, 0.1) is 4.88 Å². The average Bonchev–Trinajstić information content (AvgIpc) is 2.90. The minimum atomic E-state index is -4.13. The zero-order valence-electron chi connectivity index (χ0n) is 9.46. The van der Waals surface area contributed by atoms with Crippen LogP contribution in [0.15, 0.2) is 46.7 Å². The molecule has 0 saturated carbocycles. The number of hydrogen-bond donors (Lipinski definition) is 2. The number of hydrogen-bond acceptors (Lipinski definition) is 4. The lowest BCUT2D eigenvalue weighted by Crippen LogP contribution is -2.41. The van der Waals surface area contributed by atoms with Crippen LogP contribution < -0.4 is 10.3 Å². The topological polar surface area (TPSA) is 75.3 Å². The molecule has 0 spiro atoms. The molecular weight excluding hydrogens is 291 g/mol. The van der Waals surface area contributed by atoms with E-state index < -0.39 is 26.6 Å². The van der Waals surface area contributed by atoms with Crippen molar-refractivity contribution in [3.63, 3.8) is 0 Å². The average molecular weight is 300 g/mol. The highest BCUT2D eigenvalue weighted by Gasteiger charge is 2.19. The number of nitrogens with one attached hydrogen (secondary N) is 2. The molecule has 100 valence electrons. The molecule has 2 rings (SSSR count). The van der Waals surface area contributed by atoms with Crippen molar-refractivity contribution in [2.75, 3.05) is 0 Å². The van der Waals surface area contributed by atoms with Crippen LogP contribution in [0.25, 0.3) is 0 Å². The second-order valence-corrected chi connectivity index (χ2v) is 6.07. The fourth-order valence-corrected chi connectivity index (χ4v) is 2.84. The smallest absolute Gasteiger partial charge is 0.273 e. The lowest BCUT2D eigenvalue weighted by atomic mass is 10.4. The van der Waals surface area contributed by atoms with Crippen LogP contribution in [0.1, 0.15) is 9.67 Å². The highest BCUT2D eigenvalue weighted by atomic mass is 32.2. The Kier molecular flexibility index (Phi) is 3.93. The number of rotatable bonds is 4. The van der Waals surface area contributed by atoms with Crippen LogP contribution in [-0.4, -0.2) is 14.3 Å². The number of halogens is 1. The third kappa shape index (κ3) is 3.16. The highest BCUT2D eigenvalue weighted by Crippen LogP contribution is 2.12. The summed E-state index contributed by atoms with van der Waals surface area (Å²) in [6.07, 6.45) is 0. The molecular formula is C11H9FN2O3S2. The van der Waals surface area contributed by atoms with E-state index >= 15 is 0 Å². The molecule has 0 aliphatic heterocycles. The van der Waals surface area contributed by atoms with E-state index in [1.165, 1.54) is 18.2 Å². The zero-order chi connectivity index (χ0) is 13.9. The van der Waals surface area contributed by atoms with E-state index in [1.54, 1.807) is 11.4 Å². The van der Waals surface area contributed by atoms with Crippen molar-refractivity contribution in [3.05, 3.63) is 52.5 Å². The molecule has 19 heavy (non-hydrogen) atoms. The Morgan fingerprint density at radius 1 is 1.16 bits per heavy atom. The molecule has 5 nitrogen and oxygen atoms in total. The Bertz CT molecular complexity index is 684. The Hall–Kier alpha value is -1.77. The Morgan fingerprint density at radius 3 is 2.53 bits per heavy atom. The van der Waals surface area contributed by atoms with Gasteiger partial charge in [0.15, 0.2) is 0 Å². The van der Waals surface area contributed by atoms with Crippen LogP contribution in [0.3, 0.4) is 0 Å². The molecule has 0 radical (unpaired) electrons. The molecule has 1 aromatic heterocycles. The summed E-state index contributed by atoms with van der Waals surface area (Å²) in [7, 11) is -4.13. The summed E-state index contributed by atoms with van der Waals surface area (Å²) in [6.45, 7) is 0. The summed E-state index contributed by atoms with van der Waals surface area (Å²) >= 11 is 1.16. The normalized spacial score (nSPS) is 11.2. The second kappa shape index (κ2) is 5.47. The number of hydrazine groups is 1. The first-order chi connectivity index (χ1) is 9.00. The third-order valence-electron chi connectivity index (χ3n) is 2.17. The summed E-state index contributed by atoms with van der Waals surface area (Å²) in [5.41, 5.74) is 2.02. The van der Waals surface area contributed by atoms with Crippen molar-refractivity contribution in [3.8, 4) is 0 Å². The molecule has 0 bridgehead atoms. The molecule has 0 unspecified atom stereocenters. The number of carbonyl (C=O) groups excluding carboxylic acids is 1. The van der Waals surface area contributed by atoms with Gasteiger partial charge in [-0.2, -0.15) is 0 Å². The van der Waals surface area contributed by atoms with Crippen molar-refractivity contribution >= 4 is 27.3 Å². The van der Waals surface area contributed by atoms with Gasteiger partial charge in [-0.05, 0) is 23.6 Å². The maximum absolute atomic E-state index is 13.4. The standard InChI is InChI=1S/C11H9FN2O3S2/c12-8-4-1-2-6-10(8)19(16,17)14-13-11(15)9-5-3-7-18-9/h1-7,14H,(H,13,15). The summed E-state index contributed by atoms with van der Waals surface area (Å²) < 4.78 is 36.9. The molecule has 0 atom stereocenters. The Labute approximate surface area is 113 Å². The van der Waals surface area contributed by atoms with Crippen LogP contribution >= 0.6 is 11.3 Å². The van der Waals surface area contributed by atoms with Crippen LogP contribution in [0, 0.1) is 5.82 Å². The summed E-state index contributed by atoms with van der Waals surface area (Å²) in [5, 5.41) is 1.68. The van der Waals surface area contributed by atoms with Gasteiger partial charge in [-0.1, -0.05) is 18.2 Å². The first kappa shape index (κ1) is 13.7. The minimum Gasteiger partial charge on any atom is -0.273 e. The van der Waals surface area contributed by atoms with E-state index in [4.69, 9.17) is 0 Å². The van der Waals surface area contributed by atoms with E-state index in [1.807, 2.05) is 10.3 Å².